The van der Waals surface area contributed by atoms with Crippen molar-refractivity contribution in [3.63, 3.8) is 0 Å². The zero-order valence-corrected chi connectivity index (χ0v) is 10.1. The molecule has 0 spiro atoms. The third-order valence-electron chi connectivity index (χ3n) is 2.96. The van der Waals surface area contributed by atoms with Crippen molar-refractivity contribution in [2.75, 3.05) is 13.2 Å². The molecule has 86 valence electrons. The normalized spacial score (nSPS) is 25.4. The molecule has 0 aromatic rings. The summed E-state index contributed by atoms with van der Waals surface area (Å²) in [6.07, 6.45) is 1.60. The second-order valence-corrected chi connectivity index (χ2v) is 4.61. The Morgan fingerprint density at radius 2 is 2.31 bits per heavy atom. The molecule has 3 nitrogen and oxygen atoms in total. The minimum Gasteiger partial charge on any atom is -0.460 e. The highest BCUT2D eigenvalue weighted by Crippen LogP contribution is 2.37. The molecule has 1 aliphatic rings. The number of carbonyl (C=O) groups is 1. The molecular formula is C12H18BNO2. The predicted molar refractivity (Wildman–Crippen MR) is 64.7 cm³/mol. The fraction of sp³-hybridized carbons (Fsp3) is 0.583. The lowest BCUT2D eigenvalue weighted by molar-refractivity contribution is -0.153. The quantitative estimate of drug-likeness (QED) is 0.412. The zero-order chi connectivity index (χ0) is 12.3. The Kier molecular flexibility index (Phi) is 3.84. The van der Waals surface area contributed by atoms with Crippen molar-refractivity contribution < 1.29 is 9.53 Å². The topological polar surface area (TPSA) is 29.5 Å². The molecule has 1 rings (SSSR count). The third-order valence-corrected chi connectivity index (χ3v) is 2.96. The molecule has 0 bridgehead atoms. The van der Waals surface area contributed by atoms with Gasteiger partial charge in [-0.15, -0.1) is 0 Å². The summed E-state index contributed by atoms with van der Waals surface area (Å²) in [5.74, 6) is -0.268. The molecule has 1 aliphatic heterocycles. The van der Waals surface area contributed by atoms with Crippen LogP contribution in [0.25, 0.3) is 0 Å². The van der Waals surface area contributed by atoms with Gasteiger partial charge in [-0.05, 0) is 32.3 Å². The van der Waals surface area contributed by atoms with Gasteiger partial charge >= 0.3 is 5.97 Å². The summed E-state index contributed by atoms with van der Waals surface area (Å²) in [6, 6.07) is 0. The minimum atomic E-state index is -0.692. The van der Waals surface area contributed by atoms with E-state index < -0.39 is 5.41 Å². The van der Waals surface area contributed by atoms with Crippen molar-refractivity contribution in [3.05, 3.63) is 24.4 Å². The second-order valence-electron chi connectivity index (χ2n) is 4.61. The standard InChI is InChI=1S/C12H18BNO2/c1-9(2)8-16-11(15)12(4)6-5-7-14(13)10(12)3/h1,3,5-8H2,2,4H3. The molecule has 0 aromatic heterocycles. The average molecular weight is 219 g/mol. The van der Waals surface area contributed by atoms with Crippen molar-refractivity contribution in [3.8, 4) is 0 Å². The van der Waals surface area contributed by atoms with Crippen LogP contribution in [-0.2, 0) is 9.53 Å². The Labute approximate surface area is 98.6 Å². The Bertz CT molecular complexity index is 327. The van der Waals surface area contributed by atoms with Crippen LogP contribution in [0.2, 0.25) is 0 Å². The van der Waals surface area contributed by atoms with Gasteiger partial charge in [-0.3, -0.25) is 4.79 Å². The molecule has 4 heteroatoms. The summed E-state index contributed by atoms with van der Waals surface area (Å²) in [5, 5.41) is 0. The molecule has 16 heavy (non-hydrogen) atoms. The van der Waals surface area contributed by atoms with E-state index in [1.54, 1.807) is 0 Å². The van der Waals surface area contributed by atoms with E-state index in [0.29, 0.717) is 5.70 Å². The van der Waals surface area contributed by atoms with Gasteiger partial charge in [0.15, 0.2) is 0 Å². The highest BCUT2D eigenvalue weighted by atomic mass is 16.5. The highest BCUT2D eigenvalue weighted by molar-refractivity contribution is 6.06. The molecule has 0 amide bonds. The zero-order valence-electron chi connectivity index (χ0n) is 10.1. The van der Waals surface area contributed by atoms with Gasteiger partial charge in [0.1, 0.15) is 12.0 Å². The summed E-state index contributed by atoms with van der Waals surface area (Å²) < 4.78 is 5.18. The second kappa shape index (κ2) is 4.77. The summed E-state index contributed by atoms with van der Waals surface area (Å²) in [4.78, 5) is 13.5. The first-order chi connectivity index (χ1) is 7.38. The molecule has 1 saturated heterocycles. The largest absolute Gasteiger partial charge is 0.460 e. The van der Waals surface area contributed by atoms with Crippen LogP contribution in [0.3, 0.4) is 0 Å². The van der Waals surface area contributed by atoms with Crippen molar-refractivity contribution in [1.29, 1.82) is 0 Å². The van der Waals surface area contributed by atoms with E-state index in [-0.39, 0.29) is 12.6 Å². The Hall–Kier alpha value is -1.19. The fourth-order valence-electron chi connectivity index (χ4n) is 1.77. The number of ether oxygens (including phenoxy) is 1. The first kappa shape index (κ1) is 12.9. The van der Waals surface area contributed by atoms with Gasteiger partial charge in [0.05, 0.1) is 0 Å². The lowest BCUT2D eigenvalue weighted by atomic mass is 9.78. The Morgan fingerprint density at radius 3 is 2.88 bits per heavy atom. The van der Waals surface area contributed by atoms with Crippen LogP contribution in [0.4, 0.5) is 0 Å². The third kappa shape index (κ3) is 2.49. The first-order valence-corrected chi connectivity index (χ1v) is 5.41. The van der Waals surface area contributed by atoms with Crippen LogP contribution in [0, 0.1) is 5.41 Å². The molecule has 2 radical (unpaired) electrons. The molecular weight excluding hydrogens is 201 g/mol. The fourth-order valence-corrected chi connectivity index (χ4v) is 1.77. The van der Waals surface area contributed by atoms with Gasteiger partial charge in [0.25, 0.3) is 0 Å². The van der Waals surface area contributed by atoms with Gasteiger partial charge in [-0.25, -0.2) is 0 Å². The van der Waals surface area contributed by atoms with Gasteiger partial charge < -0.3 is 9.55 Å². The molecule has 1 heterocycles. The Morgan fingerprint density at radius 1 is 1.69 bits per heavy atom. The van der Waals surface area contributed by atoms with Crippen molar-refractivity contribution in [1.82, 2.24) is 4.81 Å². The van der Waals surface area contributed by atoms with Crippen LogP contribution in [-0.4, -0.2) is 31.9 Å². The Balaban J connectivity index is 2.71. The smallest absolute Gasteiger partial charge is 0.318 e. The number of hydrogen-bond acceptors (Lipinski definition) is 3. The molecule has 1 atom stereocenters. The van der Waals surface area contributed by atoms with Gasteiger partial charge in [-0.1, -0.05) is 13.2 Å². The van der Waals surface area contributed by atoms with Crippen LogP contribution in [0.15, 0.2) is 24.4 Å². The molecule has 0 N–H and O–H groups in total. The lowest BCUT2D eigenvalue weighted by Gasteiger charge is -2.40. The van der Waals surface area contributed by atoms with Crippen LogP contribution in [0.5, 0.6) is 0 Å². The molecule has 0 saturated carbocycles. The van der Waals surface area contributed by atoms with E-state index in [1.807, 2.05) is 13.8 Å². The van der Waals surface area contributed by atoms with E-state index in [9.17, 15) is 4.79 Å². The van der Waals surface area contributed by atoms with Gasteiger partial charge in [-0.2, -0.15) is 0 Å². The summed E-state index contributed by atoms with van der Waals surface area (Å²) >= 11 is 0. The van der Waals surface area contributed by atoms with Crippen molar-refractivity contribution in [2.45, 2.75) is 26.7 Å². The highest BCUT2D eigenvalue weighted by Gasteiger charge is 2.41. The van der Waals surface area contributed by atoms with Gasteiger partial charge in [0, 0.05) is 12.2 Å². The number of carbonyl (C=O) groups excluding carboxylic acids is 1. The number of nitrogens with zero attached hydrogens (tertiary/aromatic N) is 1. The number of piperidine rings is 1. The number of rotatable bonds is 3. The monoisotopic (exact) mass is 219 g/mol. The summed E-state index contributed by atoms with van der Waals surface area (Å²) in [7, 11) is 5.76. The van der Waals surface area contributed by atoms with Crippen molar-refractivity contribution >= 4 is 14.0 Å². The average Bonchev–Trinajstić information content (AvgIpc) is 2.22. The van der Waals surface area contributed by atoms with Crippen molar-refractivity contribution in [2.24, 2.45) is 5.41 Å². The first-order valence-electron chi connectivity index (χ1n) is 5.41. The molecule has 1 unspecified atom stereocenters. The van der Waals surface area contributed by atoms with E-state index >= 15 is 0 Å². The van der Waals surface area contributed by atoms with Crippen LogP contribution < -0.4 is 0 Å². The number of hydrogen-bond donors (Lipinski definition) is 0. The lowest BCUT2D eigenvalue weighted by Crippen LogP contribution is -2.43. The van der Waals surface area contributed by atoms with Crippen LogP contribution in [0.1, 0.15) is 26.7 Å². The summed E-state index contributed by atoms with van der Waals surface area (Å²) in [5.41, 5.74) is 0.760. The molecule has 0 aromatic carbocycles. The number of esters is 1. The molecule has 0 aliphatic carbocycles. The predicted octanol–water partition coefficient (Wildman–Crippen LogP) is 1.81. The van der Waals surface area contributed by atoms with Gasteiger partial charge in [0.2, 0.25) is 7.98 Å². The maximum Gasteiger partial charge on any atom is 0.318 e. The minimum absolute atomic E-state index is 0.256. The molecule has 1 fully saturated rings. The SMILES string of the molecule is [B]N1CCCC(C)(C(=O)OCC(=C)C)C1=C. The van der Waals surface area contributed by atoms with E-state index in [2.05, 4.69) is 13.2 Å². The van der Waals surface area contributed by atoms with E-state index in [4.69, 9.17) is 12.7 Å². The maximum atomic E-state index is 12.0. The maximum absolute atomic E-state index is 12.0. The van der Waals surface area contributed by atoms with E-state index in [0.717, 1.165) is 25.0 Å². The van der Waals surface area contributed by atoms with E-state index in [1.165, 1.54) is 4.81 Å². The van der Waals surface area contributed by atoms with Crippen LogP contribution >= 0.6 is 0 Å². The summed E-state index contributed by atoms with van der Waals surface area (Å²) in [6.45, 7) is 12.2.